The van der Waals surface area contributed by atoms with E-state index in [-0.39, 0.29) is 29.5 Å². The molecule has 2 aliphatic heterocycles. The molecule has 9 nitrogen and oxygen atoms in total. The third kappa shape index (κ3) is 6.02. The summed E-state index contributed by atoms with van der Waals surface area (Å²) < 4.78 is 36.8. The van der Waals surface area contributed by atoms with Crippen molar-refractivity contribution in [3.05, 3.63) is 58.9 Å². The Bertz CT molecular complexity index is 1240. The van der Waals surface area contributed by atoms with Crippen LogP contribution >= 0.6 is 0 Å². The Morgan fingerprint density at radius 1 is 1.08 bits per heavy atom. The monoisotopic (exact) mass is 542 g/mol. The van der Waals surface area contributed by atoms with E-state index in [1.165, 1.54) is 31.3 Å². The molecule has 2 aliphatic rings. The molecule has 2 aromatic rings. The number of rotatable bonds is 10. The first-order valence-electron chi connectivity index (χ1n) is 13.0. The molecular weight excluding hydrogens is 507 g/mol. The van der Waals surface area contributed by atoms with Gasteiger partial charge in [0.1, 0.15) is 5.76 Å². The van der Waals surface area contributed by atoms with Crippen molar-refractivity contribution in [3.8, 4) is 17.2 Å². The SMILES string of the molecule is COc1cccc([C@@H]2/C(=C(\O)c3ccc(OC(C)C)c(F)c3)C(=O)C(=O)N2CCCN2CCOCC2)c1OC. The second-order valence-corrected chi connectivity index (χ2v) is 9.69. The first-order chi connectivity index (χ1) is 18.8. The molecule has 0 radical (unpaired) electrons. The highest BCUT2D eigenvalue weighted by Crippen LogP contribution is 2.45. The van der Waals surface area contributed by atoms with Crippen molar-refractivity contribution < 1.29 is 38.0 Å². The molecule has 0 bridgehead atoms. The van der Waals surface area contributed by atoms with E-state index in [2.05, 4.69) is 4.90 Å². The van der Waals surface area contributed by atoms with Gasteiger partial charge in [0.05, 0.1) is 45.2 Å². The van der Waals surface area contributed by atoms with Gasteiger partial charge in [0.25, 0.3) is 11.7 Å². The highest BCUT2D eigenvalue weighted by molar-refractivity contribution is 6.46. The fourth-order valence-corrected chi connectivity index (χ4v) is 5.00. The minimum Gasteiger partial charge on any atom is -0.507 e. The van der Waals surface area contributed by atoms with Gasteiger partial charge in [-0.15, -0.1) is 0 Å². The zero-order chi connectivity index (χ0) is 28.1. The Morgan fingerprint density at radius 2 is 1.82 bits per heavy atom. The molecule has 210 valence electrons. The van der Waals surface area contributed by atoms with Gasteiger partial charge in [-0.1, -0.05) is 12.1 Å². The van der Waals surface area contributed by atoms with Crippen LogP contribution in [0.15, 0.2) is 42.0 Å². The smallest absolute Gasteiger partial charge is 0.295 e. The van der Waals surface area contributed by atoms with Crippen LogP contribution in [-0.2, 0) is 14.3 Å². The van der Waals surface area contributed by atoms with Gasteiger partial charge in [0.2, 0.25) is 0 Å². The predicted octanol–water partition coefficient (Wildman–Crippen LogP) is 3.77. The lowest BCUT2D eigenvalue weighted by Crippen LogP contribution is -2.39. The van der Waals surface area contributed by atoms with E-state index in [1.807, 2.05) is 0 Å². The number of halogens is 1. The van der Waals surface area contributed by atoms with Crippen LogP contribution in [0, 0.1) is 5.82 Å². The standard InChI is InChI=1S/C29H35FN2O7/c1-18(2)39-22-10-9-19(17-21(22)30)26(33)24-25(20-7-5-8-23(36-3)28(20)37-4)32(29(35)27(24)34)12-6-11-31-13-15-38-16-14-31/h5,7-10,17-18,25,33H,6,11-16H2,1-4H3/b26-24+/t25-/m1/s1. The maximum Gasteiger partial charge on any atom is 0.295 e. The molecule has 0 aliphatic carbocycles. The number of hydrogen-bond acceptors (Lipinski definition) is 8. The first-order valence-corrected chi connectivity index (χ1v) is 13.0. The molecule has 2 aromatic carbocycles. The number of hydrogen-bond donors (Lipinski definition) is 1. The van der Waals surface area contributed by atoms with Crippen molar-refractivity contribution in [1.82, 2.24) is 9.80 Å². The van der Waals surface area contributed by atoms with Crippen LogP contribution in [0.1, 0.15) is 37.4 Å². The molecule has 2 saturated heterocycles. The zero-order valence-corrected chi connectivity index (χ0v) is 22.7. The number of ketones is 1. The molecule has 0 aromatic heterocycles. The van der Waals surface area contributed by atoms with Crippen LogP contribution in [0.3, 0.4) is 0 Å². The van der Waals surface area contributed by atoms with Crippen molar-refractivity contribution in [2.75, 3.05) is 53.6 Å². The van der Waals surface area contributed by atoms with Crippen molar-refractivity contribution in [2.45, 2.75) is 32.4 Å². The summed E-state index contributed by atoms with van der Waals surface area (Å²) in [5.74, 6) is -1.99. The van der Waals surface area contributed by atoms with E-state index in [1.54, 1.807) is 32.0 Å². The summed E-state index contributed by atoms with van der Waals surface area (Å²) in [6.45, 7) is 7.44. The van der Waals surface area contributed by atoms with Crippen molar-refractivity contribution in [2.24, 2.45) is 0 Å². The quantitative estimate of drug-likeness (QED) is 0.275. The Kier molecular flexibility index (Phi) is 9.08. The second kappa shape index (κ2) is 12.5. The van der Waals surface area contributed by atoms with Crippen LogP contribution in [0.2, 0.25) is 0 Å². The van der Waals surface area contributed by atoms with Crippen molar-refractivity contribution in [1.29, 1.82) is 0 Å². The van der Waals surface area contributed by atoms with E-state index in [4.69, 9.17) is 18.9 Å². The number of likely N-dealkylation sites (tertiary alicyclic amines) is 1. The maximum absolute atomic E-state index is 14.8. The first kappa shape index (κ1) is 28.4. The van der Waals surface area contributed by atoms with Crippen LogP contribution < -0.4 is 14.2 Å². The van der Waals surface area contributed by atoms with Crippen LogP contribution in [0.4, 0.5) is 4.39 Å². The van der Waals surface area contributed by atoms with Gasteiger partial charge in [-0.05, 0) is 44.5 Å². The van der Waals surface area contributed by atoms with Gasteiger partial charge in [-0.2, -0.15) is 0 Å². The molecule has 0 unspecified atom stereocenters. The molecule has 2 fully saturated rings. The molecule has 4 rings (SSSR count). The fraction of sp³-hybridized carbons (Fsp3) is 0.448. The topological polar surface area (TPSA) is 97.8 Å². The lowest BCUT2D eigenvalue weighted by molar-refractivity contribution is -0.140. The molecular formula is C29H35FN2O7. The number of Topliss-reactive ketones (excluding diaryl/α,β-unsaturated/α-hetero) is 1. The molecule has 10 heteroatoms. The number of methoxy groups -OCH3 is 2. The summed E-state index contributed by atoms with van der Waals surface area (Å²) in [5.41, 5.74) is 0.390. The van der Waals surface area contributed by atoms with Gasteiger partial charge >= 0.3 is 0 Å². The third-order valence-electron chi connectivity index (χ3n) is 6.81. The van der Waals surface area contributed by atoms with Crippen LogP contribution in [0.25, 0.3) is 5.76 Å². The van der Waals surface area contributed by atoms with Crippen molar-refractivity contribution in [3.63, 3.8) is 0 Å². The van der Waals surface area contributed by atoms with Crippen LogP contribution in [0.5, 0.6) is 17.2 Å². The number of para-hydroxylation sites is 1. The Labute approximate surface area is 227 Å². The highest BCUT2D eigenvalue weighted by Gasteiger charge is 2.47. The number of ether oxygens (including phenoxy) is 4. The lowest BCUT2D eigenvalue weighted by atomic mass is 9.94. The number of nitrogens with zero attached hydrogens (tertiary/aromatic N) is 2. The summed E-state index contributed by atoms with van der Waals surface area (Å²) in [6, 6.07) is 8.14. The molecule has 0 saturated carbocycles. The molecule has 2 heterocycles. The predicted molar refractivity (Wildman–Crippen MR) is 143 cm³/mol. The number of morpholine rings is 1. The fourth-order valence-electron chi connectivity index (χ4n) is 5.00. The summed E-state index contributed by atoms with van der Waals surface area (Å²) in [4.78, 5) is 30.4. The number of carbonyl (C=O) groups is 2. The summed E-state index contributed by atoms with van der Waals surface area (Å²) in [7, 11) is 2.96. The van der Waals surface area contributed by atoms with Crippen LogP contribution in [-0.4, -0.2) is 86.3 Å². The number of benzene rings is 2. The molecule has 1 atom stereocenters. The summed E-state index contributed by atoms with van der Waals surface area (Å²) >= 11 is 0. The average molecular weight is 543 g/mol. The van der Waals surface area contributed by atoms with Gasteiger partial charge in [-0.25, -0.2) is 4.39 Å². The second-order valence-electron chi connectivity index (χ2n) is 9.69. The molecule has 1 amide bonds. The number of amides is 1. The molecule has 1 N–H and O–H groups in total. The minimum atomic E-state index is -0.964. The lowest BCUT2D eigenvalue weighted by Gasteiger charge is -2.30. The van der Waals surface area contributed by atoms with E-state index in [0.717, 1.165) is 25.7 Å². The van der Waals surface area contributed by atoms with Gasteiger partial charge in [0, 0.05) is 37.3 Å². The van der Waals surface area contributed by atoms with E-state index in [9.17, 15) is 19.1 Å². The Hall–Kier alpha value is -3.63. The normalized spacial score (nSPS) is 19.5. The van der Waals surface area contributed by atoms with Gasteiger partial charge in [0.15, 0.2) is 23.1 Å². The van der Waals surface area contributed by atoms with Crippen molar-refractivity contribution >= 4 is 17.4 Å². The molecule has 0 spiro atoms. The Morgan fingerprint density at radius 3 is 2.46 bits per heavy atom. The number of carbonyl (C=O) groups excluding carboxylic acids is 2. The Balaban J connectivity index is 1.76. The minimum absolute atomic E-state index is 0.0242. The number of aliphatic hydroxyl groups excluding tert-OH is 1. The van der Waals surface area contributed by atoms with E-state index in [0.29, 0.717) is 36.7 Å². The summed E-state index contributed by atoms with van der Waals surface area (Å²) in [5, 5.41) is 11.4. The van der Waals surface area contributed by atoms with E-state index < -0.39 is 29.3 Å². The van der Waals surface area contributed by atoms with Gasteiger partial charge in [-0.3, -0.25) is 14.5 Å². The maximum atomic E-state index is 14.8. The largest absolute Gasteiger partial charge is 0.507 e. The molecule has 39 heavy (non-hydrogen) atoms. The van der Waals surface area contributed by atoms with Gasteiger partial charge < -0.3 is 29.0 Å². The number of aliphatic hydroxyl groups is 1. The highest BCUT2D eigenvalue weighted by atomic mass is 19.1. The zero-order valence-electron chi connectivity index (χ0n) is 22.7. The third-order valence-corrected chi connectivity index (χ3v) is 6.81. The van der Waals surface area contributed by atoms with E-state index >= 15 is 0 Å². The summed E-state index contributed by atoms with van der Waals surface area (Å²) in [6.07, 6.45) is 0.355. The average Bonchev–Trinajstić information content (AvgIpc) is 3.18.